The van der Waals surface area contributed by atoms with E-state index in [1.807, 2.05) is 48.6 Å². The van der Waals surface area contributed by atoms with Crippen molar-refractivity contribution < 1.29 is 14.3 Å². The smallest absolute Gasteiger partial charge is 0.186 e. The topological polar surface area (TPSA) is 35.5 Å². The van der Waals surface area contributed by atoms with Crippen molar-refractivity contribution in [2.24, 2.45) is 0 Å². The number of carbonyl (C=O) groups is 1. The molecule has 0 radical (unpaired) electrons. The molecule has 3 nitrogen and oxygen atoms in total. The molecule has 2 aromatic rings. The van der Waals surface area contributed by atoms with Crippen molar-refractivity contribution in [1.82, 2.24) is 0 Å². The first kappa shape index (κ1) is 26.1. The van der Waals surface area contributed by atoms with Crippen LogP contribution in [0, 0.1) is 0 Å². The Labute approximate surface area is 218 Å². The average molecular weight is 594 g/mol. The number of unbranched alkanes of at least 4 members (excludes halogenated alkanes) is 2. The molecule has 2 aromatic carbocycles. The molecule has 0 spiro atoms. The molecule has 0 atom stereocenters. The number of benzene rings is 2. The molecule has 33 heavy (non-hydrogen) atoms. The fourth-order valence-electron chi connectivity index (χ4n) is 3.42. The van der Waals surface area contributed by atoms with E-state index in [0.717, 1.165) is 68.4 Å². The molecule has 1 aliphatic heterocycles. The second kappa shape index (κ2) is 13.4. The highest BCUT2D eigenvalue weighted by Gasteiger charge is 2.22. The van der Waals surface area contributed by atoms with E-state index in [1.54, 1.807) is 11.8 Å². The van der Waals surface area contributed by atoms with Crippen molar-refractivity contribution in [2.75, 3.05) is 24.7 Å². The number of Topliss-reactive ketones (excluding diaryl/α,β-unsaturated/α-hetero) is 1. The Morgan fingerprint density at radius 3 is 1.70 bits per heavy atom. The Kier molecular flexibility index (Phi) is 10.6. The summed E-state index contributed by atoms with van der Waals surface area (Å²) in [7, 11) is 0. The highest BCUT2D eigenvalue weighted by molar-refractivity contribution is 9.10. The van der Waals surface area contributed by atoms with Crippen molar-refractivity contribution in [3.05, 3.63) is 67.6 Å². The van der Waals surface area contributed by atoms with Gasteiger partial charge in [0.25, 0.3) is 0 Å². The zero-order valence-corrected chi connectivity index (χ0v) is 23.2. The molecule has 1 heterocycles. The molecule has 1 saturated heterocycles. The van der Waals surface area contributed by atoms with Crippen molar-refractivity contribution in [3.63, 3.8) is 0 Å². The van der Waals surface area contributed by atoms with Gasteiger partial charge in [-0.1, -0.05) is 51.0 Å². The van der Waals surface area contributed by atoms with Gasteiger partial charge in [0.1, 0.15) is 11.5 Å². The fraction of sp³-hybridized carbons (Fsp3) is 0.370. The lowest BCUT2D eigenvalue weighted by Gasteiger charge is -2.18. The Bertz CT molecular complexity index is 951. The van der Waals surface area contributed by atoms with Crippen LogP contribution in [0.5, 0.6) is 11.5 Å². The SMILES string of the molecule is CCCCOc1c(Br)cccc1/C=C1\CSC/C(=C\c2cccc(Br)c2OCCCC)C1=O. The van der Waals surface area contributed by atoms with Crippen LogP contribution in [-0.4, -0.2) is 30.5 Å². The van der Waals surface area contributed by atoms with Gasteiger partial charge in [0, 0.05) is 33.8 Å². The Hall–Kier alpha value is -1.50. The predicted octanol–water partition coefficient (Wildman–Crippen LogP) is 8.35. The number of carbonyl (C=O) groups excluding carboxylic acids is 1. The summed E-state index contributed by atoms with van der Waals surface area (Å²) in [6, 6.07) is 11.9. The average Bonchev–Trinajstić information content (AvgIpc) is 2.80. The molecule has 1 fully saturated rings. The van der Waals surface area contributed by atoms with Crippen LogP contribution in [0.4, 0.5) is 0 Å². The number of thioether (sulfide) groups is 1. The van der Waals surface area contributed by atoms with Gasteiger partial charge in [0.05, 0.1) is 22.2 Å². The van der Waals surface area contributed by atoms with Crippen LogP contribution in [0.3, 0.4) is 0 Å². The number of ether oxygens (including phenoxy) is 2. The number of ketones is 1. The molecule has 0 aromatic heterocycles. The zero-order valence-electron chi connectivity index (χ0n) is 19.2. The van der Waals surface area contributed by atoms with Crippen molar-refractivity contribution in [1.29, 1.82) is 0 Å². The maximum absolute atomic E-state index is 13.4. The largest absolute Gasteiger partial charge is 0.492 e. The van der Waals surface area contributed by atoms with Gasteiger partial charge in [-0.25, -0.2) is 0 Å². The van der Waals surface area contributed by atoms with Crippen LogP contribution in [-0.2, 0) is 4.79 Å². The summed E-state index contributed by atoms with van der Waals surface area (Å²) >= 11 is 8.96. The van der Waals surface area contributed by atoms with Gasteiger partial charge < -0.3 is 9.47 Å². The second-order valence-corrected chi connectivity index (χ2v) is 10.6. The third kappa shape index (κ3) is 7.24. The normalized spacial score (nSPS) is 16.4. The summed E-state index contributed by atoms with van der Waals surface area (Å²) in [5, 5.41) is 0. The van der Waals surface area contributed by atoms with E-state index >= 15 is 0 Å². The van der Waals surface area contributed by atoms with E-state index in [4.69, 9.17) is 9.47 Å². The lowest BCUT2D eigenvalue weighted by Crippen LogP contribution is -2.16. The van der Waals surface area contributed by atoms with Gasteiger partial charge in [-0.15, -0.1) is 0 Å². The highest BCUT2D eigenvalue weighted by Crippen LogP contribution is 2.35. The first-order chi connectivity index (χ1) is 16.0. The van der Waals surface area contributed by atoms with Crippen LogP contribution >= 0.6 is 43.6 Å². The van der Waals surface area contributed by atoms with E-state index < -0.39 is 0 Å². The first-order valence-electron chi connectivity index (χ1n) is 11.4. The van der Waals surface area contributed by atoms with Crippen LogP contribution in [0.2, 0.25) is 0 Å². The monoisotopic (exact) mass is 592 g/mol. The number of hydrogen-bond acceptors (Lipinski definition) is 4. The number of para-hydroxylation sites is 2. The molecule has 0 unspecified atom stereocenters. The molecule has 0 bridgehead atoms. The van der Waals surface area contributed by atoms with E-state index in [2.05, 4.69) is 45.7 Å². The lowest BCUT2D eigenvalue weighted by atomic mass is 10.00. The van der Waals surface area contributed by atoms with Gasteiger partial charge in [-0.05, 0) is 69.0 Å². The second-order valence-electron chi connectivity index (χ2n) is 7.88. The molecule has 0 amide bonds. The first-order valence-corrected chi connectivity index (χ1v) is 14.1. The molecular weight excluding hydrogens is 564 g/mol. The molecule has 176 valence electrons. The van der Waals surface area contributed by atoms with Crippen molar-refractivity contribution in [2.45, 2.75) is 39.5 Å². The van der Waals surface area contributed by atoms with Gasteiger partial charge in [-0.3, -0.25) is 4.79 Å². The van der Waals surface area contributed by atoms with E-state index in [-0.39, 0.29) is 5.78 Å². The quantitative estimate of drug-likeness (QED) is 0.205. The van der Waals surface area contributed by atoms with Crippen molar-refractivity contribution in [3.8, 4) is 11.5 Å². The maximum atomic E-state index is 13.4. The van der Waals surface area contributed by atoms with E-state index in [9.17, 15) is 4.79 Å². The molecule has 0 N–H and O–H groups in total. The summed E-state index contributed by atoms with van der Waals surface area (Å²) in [4.78, 5) is 13.4. The Morgan fingerprint density at radius 1 is 0.818 bits per heavy atom. The summed E-state index contributed by atoms with van der Waals surface area (Å²) in [5.74, 6) is 3.06. The highest BCUT2D eigenvalue weighted by atomic mass is 79.9. The van der Waals surface area contributed by atoms with Crippen LogP contribution in [0.1, 0.15) is 50.7 Å². The third-order valence-corrected chi connectivity index (χ3v) is 7.52. The number of rotatable bonds is 10. The minimum Gasteiger partial charge on any atom is -0.492 e. The molecule has 3 rings (SSSR count). The standard InChI is InChI=1S/C27H30Br2O3S/c1-3-5-13-31-26-19(9-7-11-23(26)28)15-21-17-33-18-22(25(21)30)16-20-10-8-12-24(29)27(20)32-14-6-4-2/h7-12,15-16H,3-6,13-14,17-18H2,1-2H3/b21-15+,22-16+. The summed E-state index contributed by atoms with van der Waals surface area (Å²) < 4.78 is 13.9. The maximum Gasteiger partial charge on any atom is 0.186 e. The molecule has 0 aliphatic carbocycles. The van der Waals surface area contributed by atoms with Gasteiger partial charge in [0.2, 0.25) is 0 Å². The summed E-state index contributed by atoms with van der Waals surface area (Å²) in [6.07, 6.45) is 8.10. The van der Waals surface area contributed by atoms with Crippen LogP contribution < -0.4 is 9.47 Å². The van der Waals surface area contributed by atoms with Gasteiger partial charge >= 0.3 is 0 Å². The Balaban J connectivity index is 1.89. The minimum atomic E-state index is 0.0905. The zero-order chi connectivity index (χ0) is 23.6. The van der Waals surface area contributed by atoms with E-state index in [1.165, 1.54) is 0 Å². The number of hydrogen-bond donors (Lipinski definition) is 0. The third-order valence-electron chi connectivity index (χ3n) is 5.24. The van der Waals surface area contributed by atoms with Gasteiger partial charge in [0.15, 0.2) is 5.78 Å². The van der Waals surface area contributed by atoms with E-state index in [0.29, 0.717) is 24.7 Å². The van der Waals surface area contributed by atoms with Crippen molar-refractivity contribution >= 4 is 61.6 Å². The Morgan fingerprint density at radius 2 is 1.27 bits per heavy atom. The molecule has 0 saturated carbocycles. The molecule has 6 heteroatoms. The van der Waals surface area contributed by atoms with Crippen LogP contribution in [0.15, 0.2) is 56.5 Å². The minimum absolute atomic E-state index is 0.0905. The van der Waals surface area contributed by atoms with Gasteiger partial charge in [-0.2, -0.15) is 11.8 Å². The van der Waals surface area contributed by atoms with Crippen LogP contribution in [0.25, 0.3) is 12.2 Å². The predicted molar refractivity (Wildman–Crippen MR) is 147 cm³/mol. The summed E-state index contributed by atoms with van der Waals surface area (Å²) in [5.41, 5.74) is 3.44. The summed E-state index contributed by atoms with van der Waals surface area (Å²) in [6.45, 7) is 5.60. The number of halogens is 2. The molecular formula is C27H30Br2O3S. The lowest BCUT2D eigenvalue weighted by molar-refractivity contribution is -0.112. The fourth-order valence-corrected chi connectivity index (χ4v) is 5.38. The molecule has 1 aliphatic rings.